The van der Waals surface area contributed by atoms with Crippen LogP contribution in [0.15, 0.2) is 34.2 Å². The first kappa shape index (κ1) is 10.1. The second-order valence-electron chi connectivity index (χ2n) is 3.46. The Hall–Kier alpha value is -1.42. The van der Waals surface area contributed by atoms with E-state index in [1.165, 1.54) is 5.56 Å². The number of hydrogen-bond acceptors (Lipinski definition) is 3. The second kappa shape index (κ2) is 3.98. The molecular formula is C11H13N3S. The van der Waals surface area contributed by atoms with E-state index in [0.717, 1.165) is 15.7 Å². The van der Waals surface area contributed by atoms with Crippen molar-refractivity contribution in [3.8, 4) is 0 Å². The number of aromatic nitrogens is 2. The summed E-state index contributed by atoms with van der Waals surface area (Å²) in [6.07, 6.45) is 0. The quantitative estimate of drug-likeness (QED) is 0.816. The Kier molecular flexibility index (Phi) is 2.68. The SMILES string of the molecule is Cc1ccc(Sc2nc(C)[nH]c2N)cc1. The number of imidazole rings is 1. The van der Waals surface area contributed by atoms with Gasteiger partial charge in [0.1, 0.15) is 16.7 Å². The molecule has 0 unspecified atom stereocenters. The average Bonchev–Trinajstić information content (AvgIpc) is 2.49. The second-order valence-corrected chi connectivity index (χ2v) is 4.52. The van der Waals surface area contributed by atoms with Crippen molar-refractivity contribution < 1.29 is 0 Å². The minimum Gasteiger partial charge on any atom is -0.383 e. The van der Waals surface area contributed by atoms with E-state index in [1.807, 2.05) is 6.92 Å². The molecule has 0 aliphatic heterocycles. The van der Waals surface area contributed by atoms with Crippen LogP contribution in [0.25, 0.3) is 0 Å². The van der Waals surface area contributed by atoms with Gasteiger partial charge in [0.05, 0.1) is 0 Å². The Bertz CT molecular complexity index is 459. The van der Waals surface area contributed by atoms with E-state index in [1.54, 1.807) is 11.8 Å². The van der Waals surface area contributed by atoms with E-state index in [0.29, 0.717) is 5.82 Å². The van der Waals surface area contributed by atoms with Crippen molar-refractivity contribution >= 4 is 17.6 Å². The number of nitrogens with one attached hydrogen (secondary N) is 1. The molecule has 0 bridgehead atoms. The third kappa shape index (κ3) is 2.33. The van der Waals surface area contributed by atoms with Crippen LogP contribution in [0.1, 0.15) is 11.4 Å². The first-order valence-electron chi connectivity index (χ1n) is 4.72. The van der Waals surface area contributed by atoms with Gasteiger partial charge >= 0.3 is 0 Å². The lowest BCUT2D eigenvalue weighted by atomic mass is 10.2. The van der Waals surface area contributed by atoms with Crippen LogP contribution >= 0.6 is 11.8 Å². The number of benzene rings is 1. The largest absolute Gasteiger partial charge is 0.383 e. The predicted molar refractivity (Wildman–Crippen MR) is 63.0 cm³/mol. The summed E-state index contributed by atoms with van der Waals surface area (Å²) in [4.78, 5) is 8.45. The number of hydrogen-bond donors (Lipinski definition) is 2. The molecule has 4 heteroatoms. The molecule has 0 atom stereocenters. The normalized spacial score (nSPS) is 10.5. The molecule has 1 aromatic heterocycles. The molecule has 3 N–H and O–H groups in total. The summed E-state index contributed by atoms with van der Waals surface area (Å²) in [5, 5.41) is 0.844. The van der Waals surface area contributed by atoms with Gasteiger partial charge in [-0.1, -0.05) is 29.5 Å². The minimum absolute atomic E-state index is 0.637. The first-order valence-corrected chi connectivity index (χ1v) is 5.53. The summed E-state index contributed by atoms with van der Waals surface area (Å²) in [5.74, 6) is 1.49. The molecule has 0 aliphatic rings. The molecule has 2 rings (SSSR count). The highest BCUT2D eigenvalue weighted by atomic mass is 32.2. The lowest BCUT2D eigenvalue weighted by molar-refractivity contribution is 1.10. The molecule has 2 aromatic rings. The Labute approximate surface area is 93.1 Å². The van der Waals surface area contributed by atoms with Crippen LogP contribution in [0, 0.1) is 13.8 Å². The maximum atomic E-state index is 5.78. The molecule has 0 aliphatic carbocycles. The van der Waals surface area contributed by atoms with Crippen molar-refractivity contribution in [2.24, 2.45) is 0 Å². The Morgan fingerprint density at radius 2 is 1.87 bits per heavy atom. The molecule has 0 spiro atoms. The van der Waals surface area contributed by atoms with Crippen LogP contribution in [0.2, 0.25) is 0 Å². The summed E-state index contributed by atoms with van der Waals surface area (Å²) in [5.41, 5.74) is 7.04. The van der Waals surface area contributed by atoms with Crippen molar-refractivity contribution in [3.05, 3.63) is 35.7 Å². The summed E-state index contributed by atoms with van der Waals surface area (Å²) in [6, 6.07) is 8.31. The van der Waals surface area contributed by atoms with Crippen LogP contribution in [-0.2, 0) is 0 Å². The van der Waals surface area contributed by atoms with E-state index in [2.05, 4.69) is 41.2 Å². The fraction of sp³-hybridized carbons (Fsp3) is 0.182. The van der Waals surface area contributed by atoms with Gasteiger partial charge < -0.3 is 10.7 Å². The molecule has 1 heterocycles. The van der Waals surface area contributed by atoms with Crippen molar-refractivity contribution in [1.29, 1.82) is 0 Å². The smallest absolute Gasteiger partial charge is 0.143 e. The maximum Gasteiger partial charge on any atom is 0.143 e. The van der Waals surface area contributed by atoms with Gasteiger partial charge in [0.2, 0.25) is 0 Å². The summed E-state index contributed by atoms with van der Waals surface area (Å²) >= 11 is 1.58. The Morgan fingerprint density at radius 1 is 1.20 bits per heavy atom. The number of nitrogen functional groups attached to an aromatic ring is 1. The van der Waals surface area contributed by atoms with E-state index in [-0.39, 0.29) is 0 Å². The van der Waals surface area contributed by atoms with Gasteiger partial charge in [-0.25, -0.2) is 4.98 Å². The monoisotopic (exact) mass is 219 g/mol. The third-order valence-corrected chi connectivity index (χ3v) is 3.06. The van der Waals surface area contributed by atoms with E-state index in [4.69, 9.17) is 5.73 Å². The van der Waals surface area contributed by atoms with Gasteiger partial charge in [0, 0.05) is 4.90 Å². The summed E-state index contributed by atoms with van der Waals surface area (Å²) < 4.78 is 0. The Morgan fingerprint density at radius 3 is 2.40 bits per heavy atom. The van der Waals surface area contributed by atoms with Crippen LogP contribution in [0.4, 0.5) is 5.82 Å². The molecule has 0 radical (unpaired) electrons. The van der Waals surface area contributed by atoms with Crippen LogP contribution < -0.4 is 5.73 Å². The van der Waals surface area contributed by atoms with Crippen molar-refractivity contribution in [3.63, 3.8) is 0 Å². The average molecular weight is 219 g/mol. The van der Waals surface area contributed by atoms with Gasteiger partial charge in [-0.15, -0.1) is 0 Å². The van der Waals surface area contributed by atoms with E-state index >= 15 is 0 Å². The van der Waals surface area contributed by atoms with Gasteiger partial charge in [0.15, 0.2) is 0 Å². The van der Waals surface area contributed by atoms with Crippen LogP contribution in [0.5, 0.6) is 0 Å². The van der Waals surface area contributed by atoms with E-state index in [9.17, 15) is 0 Å². The summed E-state index contributed by atoms with van der Waals surface area (Å²) in [6.45, 7) is 3.97. The van der Waals surface area contributed by atoms with Gasteiger partial charge in [0.25, 0.3) is 0 Å². The van der Waals surface area contributed by atoms with Gasteiger partial charge in [-0.05, 0) is 26.0 Å². The fourth-order valence-corrected chi connectivity index (χ4v) is 2.12. The van der Waals surface area contributed by atoms with Crippen molar-refractivity contribution in [2.75, 3.05) is 5.73 Å². The zero-order chi connectivity index (χ0) is 10.8. The number of H-pyrrole nitrogens is 1. The maximum absolute atomic E-state index is 5.78. The molecule has 0 amide bonds. The number of nitrogens with two attached hydrogens (primary N) is 1. The number of nitrogens with zero attached hydrogens (tertiary/aromatic N) is 1. The molecule has 3 nitrogen and oxygen atoms in total. The molecule has 15 heavy (non-hydrogen) atoms. The zero-order valence-corrected chi connectivity index (χ0v) is 9.56. The standard InChI is InChI=1S/C11H13N3S/c1-7-3-5-9(6-4-7)15-11-10(12)13-8(2)14-11/h3-6H,12H2,1-2H3,(H,13,14). The lowest BCUT2D eigenvalue weighted by Gasteiger charge is -1.99. The molecular weight excluding hydrogens is 206 g/mol. The molecule has 0 saturated carbocycles. The van der Waals surface area contributed by atoms with Gasteiger partial charge in [-0.2, -0.15) is 0 Å². The highest BCUT2D eigenvalue weighted by Gasteiger charge is 2.06. The topological polar surface area (TPSA) is 54.7 Å². The molecule has 1 aromatic carbocycles. The van der Waals surface area contributed by atoms with Crippen LogP contribution in [0.3, 0.4) is 0 Å². The molecule has 0 saturated heterocycles. The zero-order valence-electron chi connectivity index (χ0n) is 8.74. The first-order chi connectivity index (χ1) is 7.15. The fourth-order valence-electron chi connectivity index (χ4n) is 1.28. The lowest BCUT2D eigenvalue weighted by Crippen LogP contribution is -1.86. The van der Waals surface area contributed by atoms with Crippen molar-refractivity contribution in [2.45, 2.75) is 23.8 Å². The molecule has 0 fully saturated rings. The third-order valence-electron chi connectivity index (χ3n) is 2.05. The molecule has 78 valence electrons. The highest BCUT2D eigenvalue weighted by Crippen LogP contribution is 2.30. The Balaban J connectivity index is 2.21. The number of anilines is 1. The number of aromatic amines is 1. The highest BCUT2D eigenvalue weighted by molar-refractivity contribution is 7.99. The van der Waals surface area contributed by atoms with Crippen LogP contribution in [-0.4, -0.2) is 9.97 Å². The predicted octanol–water partition coefficient (Wildman–Crippen LogP) is 2.76. The van der Waals surface area contributed by atoms with E-state index < -0.39 is 0 Å². The number of aryl methyl sites for hydroxylation is 2. The number of rotatable bonds is 2. The summed E-state index contributed by atoms with van der Waals surface area (Å²) in [7, 11) is 0. The van der Waals surface area contributed by atoms with Gasteiger partial charge in [-0.3, -0.25) is 0 Å². The van der Waals surface area contributed by atoms with Crippen molar-refractivity contribution in [1.82, 2.24) is 9.97 Å². The minimum atomic E-state index is 0.637.